The summed E-state index contributed by atoms with van der Waals surface area (Å²) in [6, 6.07) is 19.0. The van der Waals surface area contributed by atoms with Gasteiger partial charge in [-0.3, -0.25) is 4.79 Å². The van der Waals surface area contributed by atoms with E-state index in [1.807, 2.05) is 60.7 Å². The molecule has 0 amide bonds. The van der Waals surface area contributed by atoms with Crippen LogP contribution in [0, 0.1) is 5.92 Å². The highest BCUT2D eigenvalue weighted by Crippen LogP contribution is 2.29. The van der Waals surface area contributed by atoms with Crippen molar-refractivity contribution in [3.8, 4) is 0 Å². The highest BCUT2D eigenvalue weighted by atomic mass is 32.2. The molecule has 0 saturated heterocycles. The molecule has 0 aliphatic carbocycles. The highest BCUT2D eigenvalue weighted by molar-refractivity contribution is 7.81. The number of carbonyl (C=O) groups excluding carboxylic acids is 1. The fourth-order valence-corrected chi connectivity index (χ4v) is 3.63. The van der Waals surface area contributed by atoms with E-state index in [2.05, 4.69) is 13.8 Å². The van der Waals surface area contributed by atoms with Gasteiger partial charge in [0.1, 0.15) is 5.25 Å². The van der Waals surface area contributed by atoms with E-state index in [0.29, 0.717) is 12.3 Å². The van der Waals surface area contributed by atoms with Gasteiger partial charge < -0.3 is 4.18 Å². The van der Waals surface area contributed by atoms with E-state index in [4.69, 9.17) is 4.18 Å². The van der Waals surface area contributed by atoms with E-state index >= 15 is 0 Å². The van der Waals surface area contributed by atoms with Crippen molar-refractivity contribution in [3.63, 3.8) is 0 Å². The van der Waals surface area contributed by atoms with Crippen LogP contribution in [0.3, 0.4) is 0 Å². The van der Waals surface area contributed by atoms with E-state index < -0.39 is 22.3 Å². The molecule has 1 atom stereocenters. The Morgan fingerprint density at radius 1 is 0.958 bits per heavy atom. The minimum absolute atomic E-state index is 0.306. The fraction of sp³-hybridized carbons (Fsp3) is 0.350. The second-order valence-electron chi connectivity index (χ2n) is 6.20. The minimum Gasteiger partial charge on any atom is -0.363 e. The van der Waals surface area contributed by atoms with Crippen LogP contribution in [0.4, 0.5) is 0 Å². The summed E-state index contributed by atoms with van der Waals surface area (Å²) < 4.78 is 18.0. The molecule has 0 radical (unpaired) electrons. The van der Waals surface area contributed by atoms with Gasteiger partial charge in [-0.1, -0.05) is 80.9 Å². The Hall–Kier alpha value is -1.94. The first-order chi connectivity index (χ1) is 11.6. The van der Waals surface area contributed by atoms with Gasteiger partial charge in [-0.15, -0.1) is 0 Å². The van der Waals surface area contributed by atoms with Crippen molar-refractivity contribution >= 4 is 17.0 Å². The van der Waals surface area contributed by atoms with Gasteiger partial charge in [-0.05, 0) is 23.5 Å². The molecule has 0 spiro atoms. The normalized spacial score (nSPS) is 12.3. The van der Waals surface area contributed by atoms with Gasteiger partial charge in [0.05, 0.1) is 0 Å². The van der Waals surface area contributed by atoms with E-state index in [9.17, 15) is 9.00 Å². The summed E-state index contributed by atoms with van der Waals surface area (Å²) in [7, 11) is 0. The van der Waals surface area contributed by atoms with Crippen LogP contribution in [0.15, 0.2) is 60.7 Å². The Morgan fingerprint density at radius 2 is 1.46 bits per heavy atom. The molecule has 4 heteroatoms. The van der Waals surface area contributed by atoms with E-state index in [-0.39, 0.29) is 0 Å². The summed E-state index contributed by atoms with van der Waals surface area (Å²) in [5.41, 5.74) is 1.74. The van der Waals surface area contributed by atoms with Crippen molar-refractivity contribution in [3.05, 3.63) is 71.8 Å². The third kappa shape index (κ3) is 5.60. The van der Waals surface area contributed by atoms with Gasteiger partial charge in [-0.2, -0.15) is 0 Å². The quantitative estimate of drug-likeness (QED) is 0.690. The molecule has 24 heavy (non-hydrogen) atoms. The van der Waals surface area contributed by atoms with E-state index in [1.54, 1.807) is 0 Å². The number of hydrogen-bond acceptors (Lipinski definition) is 3. The first kappa shape index (κ1) is 18.4. The molecule has 128 valence electrons. The lowest BCUT2D eigenvalue weighted by Gasteiger charge is -2.16. The maximum absolute atomic E-state index is 12.7. The van der Waals surface area contributed by atoms with Crippen LogP contribution in [0.1, 0.15) is 49.5 Å². The molecular weight excluding hydrogens is 320 g/mol. The standard InChI is InChI=1S/C20H24O3S/c1-16(2)10-9-15-19(21)23-24(22)20(17-11-5-3-6-12-17)18-13-7-4-8-14-18/h3-8,11-14,16,20H,9-10,15H2,1-2H3. The zero-order chi connectivity index (χ0) is 17.4. The first-order valence-electron chi connectivity index (χ1n) is 8.29. The van der Waals surface area contributed by atoms with Crippen LogP contribution in [0.2, 0.25) is 0 Å². The van der Waals surface area contributed by atoms with Crippen LogP contribution < -0.4 is 0 Å². The molecule has 0 heterocycles. The molecule has 2 aromatic rings. The molecule has 3 nitrogen and oxygen atoms in total. The first-order valence-corrected chi connectivity index (χ1v) is 9.43. The fourth-order valence-electron chi connectivity index (χ4n) is 2.51. The minimum atomic E-state index is -1.75. The Kier molecular flexibility index (Phi) is 7.19. The second-order valence-corrected chi connectivity index (χ2v) is 7.36. The number of rotatable bonds is 8. The lowest BCUT2D eigenvalue weighted by Crippen LogP contribution is -2.15. The molecule has 0 N–H and O–H groups in total. The molecule has 0 aliphatic rings. The molecule has 1 unspecified atom stereocenters. The Labute approximate surface area is 146 Å². The van der Waals surface area contributed by atoms with E-state index in [0.717, 1.165) is 24.0 Å². The Balaban J connectivity index is 2.10. The average Bonchev–Trinajstić information content (AvgIpc) is 2.56. The zero-order valence-electron chi connectivity index (χ0n) is 14.2. The van der Waals surface area contributed by atoms with Gasteiger partial charge in [-0.25, -0.2) is 4.21 Å². The number of benzene rings is 2. The van der Waals surface area contributed by atoms with Gasteiger partial charge >= 0.3 is 5.97 Å². The predicted octanol–water partition coefficient (Wildman–Crippen LogP) is 4.81. The smallest absolute Gasteiger partial charge is 0.320 e. The van der Waals surface area contributed by atoms with Crippen LogP contribution in [-0.4, -0.2) is 10.2 Å². The summed E-state index contributed by atoms with van der Waals surface area (Å²) in [6.07, 6.45) is 2.03. The summed E-state index contributed by atoms with van der Waals surface area (Å²) in [4.78, 5) is 12.0. The lowest BCUT2D eigenvalue weighted by molar-refractivity contribution is -0.133. The molecular formula is C20H24O3S. The van der Waals surface area contributed by atoms with Gasteiger partial charge in [0.15, 0.2) is 0 Å². The third-order valence-corrected chi connectivity index (χ3v) is 5.01. The van der Waals surface area contributed by atoms with Crippen molar-refractivity contribution in [2.24, 2.45) is 5.92 Å². The van der Waals surface area contributed by atoms with Gasteiger partial charge in [0.2, 0.25) is 11.1 Å². The summed E-state index contributed by atoms with van der Waals surface area (Å²) >= 11 is -1.75. The zero-order valence-corrected chi connectivity index (χ0v) is 15.0. The maximum atomic E-state index is 12.7. The monoisotopic (exact) mass is 344 g/mol. The van der Waals surface area contributed by atoms with Crippen LogP contribution in [-0.2, 0) is 20.1 Å². The highest BCUT2D eigenvalue weighted by Gasteiger charge is 2.24. The van der Waals surface area contributed by atoms with Crippen molar-refractivity contribution in [2.75, 3.05) is 0 Å². The van der Waals surface area contributed by atoms with Crippen molar-refractivity contribution in [1.29, 1.82) is 0 Å². The van der Waals surface area contributed by atoms with Crippen molar-refractivity contribution in [2.45, 2.75) is 38.4 Å². The average molecular weight is 344 g/mol. The summed E-state index contributed by atoms with van der Waals surface area (Å²) in [5, 5.41) is -0.471. The Morgan fingerprint density at radius 3 is 1.92 bits per heavy atom. The van der Waals surface area contributed by atoms with Crippen molar-refractivity contribution < 1.29 is 13.2 Å². The summed E-state index contributed by atoms with van der Waals surface area (Å²) in [6.45, 7) is 4.23. The molecule has 0 aliphatic heterocycles. The Bertz CT molecular complexity index is 614. The van der Waals surface area contributed by atoms with Gasteiger partial charge in [0, 0.05) is 6.42 Å². The molecule has 2 aromatic carbocycles. The molecule has 2 rings (SSSR count). The molecule has 0 saturated carbocycles. The molecule has 0 aromatic heterocycles. The SMILES string of the molecule is CC(C)CCCC(=O)OS(=O)C(c1ccccc1)c1ccccc1. The van der Waals surface area contributed by atoms with Crippen LogP contribution >= 0.6 is 0 Å². The predicted molar refractivity (Wildman–Crippen MR) is 97.7 cm³/mol. The summed E-state index contributed by atoms with van der Waals surface area (Å²) in [5.74, 6) is 0.149. The third-order valence-electron chi connectivity index (χ3n) is 3.73. The van der Waals surface area contributed by atoms with Crippen LogP contribution in [0.5, 0.6) is 0 Å². The molecule has 0 fully saturated rings. The largest absolute Gasteiger partial charge is 0.363 e. The second kappa shape index (κ2) is 9.38. The maximum Gasteiger partial charge on any atom is 0.320 e. The number of hydrogen-bond donors (Lipinski definition) is 0. The lowest BCUT2D eigenvalue weighted by atomic mass is 10.0. The topological polar surface area (TPSA) is 43.4 Å². The molecule has 0 bridgehead atoms. The van der Waals surface area contributed by atoms with E-state index in [1.165, 1.54) is 0 Å². The van der Waals surface area contributed by atoms with Crippen molar-refractivity contribution in [1.82, 2.24) is 0 Å². The number of carbonyl (C=O) groups is 1. The van der Waals surface area contributed by atoms with Crippen LogP contribution in [0.25, 0.3) is 0 Å². The van der Waals surface area contributed by atoms with Gasteiger partial charge in [0.25, 0.3) is 0 Å².